The number of aromatic nitrogens is 3. The van der Waals surface area contributed by atoms with Crippen molar-refractivity contribution >= 4 is 17.4 Å². The highest BCUT2D eigenvalue weighted by molar-refractivity contribution is 5.94. The molecule has 2 aromatic rings. The smallest absolute Gasteiger partial charge is 0.263 e. The van der Waals surface area contributed by atoms with Crippen LogP contribution in [0.5, 0.6) is 0 Å². The molecule has 2 aromatic heterocycles. The molecule has 1 aliphatic heterocycles. The van der Waals surface area contributed by atoms with Crippen molar-refractivity contribution in [2.24, 2.45) is 7.05 Å². The Balaban J connectivity index is 1.69. The number of rotatable bonds is 3. The van der Waals surface area contributed by atoms with Crippen LogP contribution in [0.4, 0.5) is 11.5 Å². The van der Waals surface area contributed by atoms with Crippen LogP contribution in [0, 0.1) is 0 Å². The van der Waals surface area contributed by atoms with Gasteiger partial charge in [0.25, 0.3) is 11.5 Å². The van der Waals surface area contributed by atoms with Crippen LogP contribution in [0.2, 0.25) is 0 Å². The van der Waals surface area contributed by atoms with E-state index >= 15 is 0 Å². The lowest BCUT2D eigenvalue weighted by Gasteiger charge is -2.35. The third-order valence-corrected chi connectivity index (χ3v) is 4.39. The van der Waals surface area contributed by atoms with Crippen LogP contribution in [0.3, 0.4) is 0 Å². The molecule has 8 nitrogen and oxygen atoms in total. The van der Waals surface area contributed by atoms with Gasteiger partial charge in [-0.15, -0.1) is 5.10 Å². The van der Waals surface area contributed by atoms with Crippen LogP contribution in [-0.4, -0.2) is 65.8 Å². The van der Waals surface area contributed by atoms with Gasteiger partial charge in [0.1, 0.15) is 5.56 Å². The average molecular weight is 342 g/mol. The van der Waals surface area contributed by atoms with E-state index in [9.17, 15) is 9.59 Å². The van der Waals surface area contributed by atoms with Crippen molar-refractivity contribution in [2.45, 2.75) is 0 Å². The minimum absolute atomic E-state index is 0.214. The highest BCUT2D eigenvalue weighted by Crippen LogP contribution is 2.18. The lowest BCUT2D eigenvalue weighted by molar-refractivity contribution is 0.0744. The number of aryl methyl sites for hydroxylation is 1. The first-order valence-electron chi connectivity index (χ1n) is 8.17. The minimum atomic E-state index is -0.264. The van der Waals surface area contributed by atoms with E-state index in [1.807, 2.05) is 25.1 Å². The maximum absolute atomic E-state index is 12.6. The van der Waals surface area contributed by atoms with Gasteiger partial charge in [-0.05, 0) is 12.1 Å². The Morgan fingerprint density at radius 1 is 1.20 bits per heavy atom. The first kappa shape index (κ1) is 16.9. The van der Waals surface area contributed by atoms with E-state index in [4.69, 9.17) is 0 Å². The molecule has 0 N–H and O–H groups in total. The van der Waals surface area contributed by atoms with Crippen LogP contribution in [0.1, 0.15) is 10.4 Å². The molecule has 8 heteroatoms. The Bertz CT molecular complexity index is 824. The third kappa shape index (κ3) is 3.47. The molecule has 1 amide bonds. The van der Waals surface area contributed by atoms with Crippen LogP contribution in [0.15, 0.2) is 35.4 Å². The fourth-order valence-corrected chi connectivity index (χ4v) is 2.81. The van der Waals surface area contributed by atoms with Crippen LogP contribution < -0.4 is 15.4 Å². The topological polar surface area (TPSA) is 74.6 Å². The molecule has 1 saturated heterocycles. The Hall–Kier alpha value is -2.90. The molecule has 0 aliphatic carbocycles. The summed E-state index contributed by atoms with van der Waals surface area (Å²) in [6.45, 7) is 2.41. The molecule has 25 heavy (non-hydrogen) atoms. The number of amides is 1. The second-order valence-electron chi connectivity index (χ2n) is 6.28. The molecule has 132 valence electrons. The first-order valence-corrected chi connectivity index (χ1v) is 8.17. The number of nitrogens with zero attached hydrogens (tertiary/aromatic N) is 6. The van der Waals surface area contributed by atoms with Gasteiger partial charge < -0.3 is 19.3 Å². The second kappa shape index (κ2) is 6.92. The standard InChI is InChI=1S/C17H22N6O2/c1-20(2)13-11-15(19-18-12-13)22-7-9-23(10-8-22)17(25)14-5-4-6-21(3)16(14)24/h4-6,11-12H,7-10H2,1-3H3. The molecule has 3 heterocycles. The van der Waals surface area contributed by atoms with Gasteiger partial charge in [-0.25, -0.2) is 0 Å². The molecular formula is C17H22N6O2. The van der Waals surface area contributed by atoms with Crippen molar-refractivity contribution in [3.8, 4) is 0 Å². The number of pyridine rings is 1. The van der Waals surface area contributed by atoms with Crippen molar-refractivity contribution in [1.29, 1.82) is 0 Å². The normalized spacial score (nSPS) is 14.5. The number of anilines is 2. The third-order valence-electron chi connectivity index (χ3n) is 4.39. The summed E-state index contributed by atoms with van der Waals surface area (Å²) in [7, 11) is 5.56. The summed E-state index contributed by atoms with van der Waals surface area (Å²) < 4.78 is 1.42. The van der Waals surface area contributed by atoms with E-state index in [0.717, 1.165) is 11.5 Å². The molecule has 0 unspecified atom stereocenters. The quantitative estimate of drug-likeness (QED) is 0.793. The molecule has 1 fully saturated rings. The lowest BCUT2D eigenvalue weighted by Crippen LogP contribution is -2.50. The largest absolute Gasteiger partial charge is 0.376 e. The summed E-state index contributed by atoms with van der Waals surface area (Å²) in [5.41, 5.74) is 0.934. The van der Waals surface area contributed by atoms with E-state index in [2.05, 4.69) is 15.1 Å². The monoisotopic (exact) mass is 342 g/mol. The van der Waals surface area contributed by atoms with Gasteiger partial charge in [0.15, 0.2) is 5.82 Å². The summed E-state index contributed by atoms with van der Waals surface area (Å²) in [5, 5.41) is 8.24. The molecule has 0 spiro atoms. The summed E-state index contributed by atoms with van der Waals surface area (Å²) in [6.07, 6.45) is 3.36. The van der Waals surface area contributed by atoms with E-state index in [-0.39, 0.29) is 17.0 Å². The number of piperazine rings is 1. The number of carbonyl (C=O) groups is 1. The van der Waals surface area contributed by atoms with Gasteiger partial charge in [0.2, 0.25) is 0 Å². The highest BCUT2D eigenvalue weighted by Gasteiger charge is 2.25. The van der Waals surface area contributed by atoms with Crippen molar-refractivity contribution in [3.63, 3.8) is 0 Å². The number of carbonyl (C=O) groups excluding carboxylic acids is 1. The molecule has 0 aromatic carbocycles. The molecule has 0 saturated carbocycles. The molecule has 3 rings (SSSR count). The summed E-state index contributed by atoms with van der Waals surface area (Å²) in [4.78, 5) is 30.5. The highest BCUT2D eigenvalue weighted by atomic mass is 16.2. The molecule has 0 bridgehead atoms. The van der Waals surface area contributed by atoms with Gasteiger partial charge in [0, 0.05) is 59.6 Å². The fraction of sp³-hybridized carbons (Fsp3) is 0.412. The predicted molar refractivity (Wildman–Crippen MR) is 96.2 cm³/mol. The van der Waals surface area contributed by atoms with Gasteiger partial charge in [-0.1, -0.05) is 0 Å². The van der Waals surface area contributed by atoms with Crippen molar-refractivity contribution in [3.05, 3.63) is 46.5 Å². The Kier molecular flexibility index (Phi) is 4.69. The van der Waals surface area contributed by atoms with Crippen molar-refractivity contribution < 1.29 is 4.79 Å². The van der Waals surface area contributed by atoms with Crippen LogP contribution in [0.25, 0.3) is 0 Å². The predicted octanol–water partition coefficient (Wildman–Crippen LogP) is 0.204. The maximum atomic E-state index is 12.6. The van der Waals surface area contributed by atoms with Crippen molar-refractivity contribution in [2.75, 3.05) is 50.1 Å². The number of hydrogen-bond acceptors (Lipinski definition) is 6. The Morgan fingerprint density at radius 2 is 1.92 bits per heavy atom. The van der Waals surface area contributed by atoms with Gasteiger partial charge in [-0.2, -0.15) is 5.10 Å². The van der Waals surface area contributed by atoms with Gasteiger partial charge >= 0.3 is 0 Å². The van der Waals surface area contributed by atoms with E-state index in [1.165, 1.54) is 4.57 Å². The lowest BCUT2D eigenvalue weighted by atomic mass is 10.2. The molecule has 1 aliphatic rings. The second-order valence-corrected chi connectivity index (χ2v) is 6.28. The van der Waals surface area contributed by atoms with Crippen LogP contribution >= 0.6 is 0 Å². The van der Waals surface area contributed by atoms with Crippen LogP contribution in [-0.2, 0) is 7.05 Å². The summed E-state index contributed by atoms with van der Waals surface area (Å²) >= 11 is 0. The Morgan fingerprint density at radius 3 is 2.60 bits per heavy atom. The van der Waals surface area contributed by atoms with E-state index in [1.54, 1.807) is 36.5 Å². The average Bonchev–Trinajstić information content (AvgIpc) is 2.63. The molecular weight excluding hydrogens is 320 g/mol. The SMILES string of the molecule is CN(C)c1cnnc(N2CCN(C(=O)c3cccn(C)c3=O)CC2)c1. The maximum Gasteiger partial charge on any atom is 0.263 e. The van der Waals surface area contributed by atoms with Gasteiger partial charge in [0.05, 0.1) is 11.9 Å². The number of hydrogen-bond donors (Lipinski definition) is 0. The zero-order chi connectivity index (χ0) is 18.0. The fourth-order valence-electron chi connectivity index (χ4n) is 2.81. The molecule has 0 radical (unpaired) electrons. The zero-order valence-corrected chi connectivity index (χ0v) is 14.7. The minimum Gasteiger partial charge on any atom is -0.376 e. The summed E-state index contributed by atoms with van der Waals surface area (Å²) in [6, 6.07) is 5.29. The van der Waals surface area contributed by atoms with E-state index < -0.39 is 0 Å². The van der Waals surface area contributed by atoms with Crippen molar-refractivity contribution in [1.82, 2.24) is 19.7 Å². The van der Waals surface area contributed by atoms with Gasteiger partial charge in [-0.3, -0.25) is 9.59 Å². The first-order chi connectivity index (χ1) is 12.0. The summed E-state index contributed by atoms with van der Waals surface area (Å²) in [5.74, 6) is 0.586. The zero-order valence-electron chi connectivity index (χ0n) is 14.7. The molecule has 0 atom stereocenters. The van der Waals surface area contributed by atoms with E-state index in [0.29, 0.717) is 26.2 Å². The Labute approximate surface area is 146 Å².